The van der Waals surface area contributed by atoms with Crippen LogP contribution in [0, 0.1) is 0 Å². The van der Waals surface area contributed by atoms with E-state index in [9.17, 15) is 0 Å². The van der Waals surface area contributed by atoms with E-state index in [1.54, 1.807) is 0 Å². The highest BCUT2D eigenvalue weighted by molar-refractivity contribution is 8.93. The van der Waals surface area contributed by atoms with Gasteiger partial charge >= 0.3 is 0 Å². The molecule has 0 aliphatic carbocycles. The Kier molecular flexibility index (Phi) is 14.1. The summed E-state index contributed by atoms with van der Waals surface area (Å²) in [7, 11) is 4.05. The van der Waals surface area contributed by atoms with Gasteiger partial charge in [-0.2, -0.15) is 9.67 Å². The molecule has 43 heavy (non-hydrogen) atoms. The molecule has 0 aliphatic rings. The lowest BCUT2D eigenvalue weighted by Crippen LogP contribution is -2.34. The Labute approximate surface area is 277 Å². The Morgan fingerprint density at radius 1 is 0.721 bits per heavy atom. The van der Waals surface area contributed by atoms with Crippen LogP contribution in [0.5, 0.6) is 0 Å². The lowest BCUT2D eigenvalue weighted by atomic mass is 10.1. The van der Waals surface area contributed by atoms with E-state index in [4.69, 9.17) is 5.10 Å². The summed E-state index contributed by atoms with van der Waals surface area (Å²) < 4.78 is 11.4. The second-order valence-electron chi connectivity index (χ2n) is 10.9. The van der Waals surface area contributed by atoms with Crippen LogP contribution in [0.2, 0.25) is 0 Å². The minimum Gasteiger partial charge on any atom is -0.269 e. The van der Waals surface area contributed by atoms with Crippen LogP contribution < -0.4 is 18.7 Å². The van der Waals surface area contributed by atoms with E-state index >= 15 is 0 Å². The van der Waals surface area contributed by atoms with E-state index in [1.165, 1.54) is 49.4 Å². The Morgan fingerprint density at radius 3 is 2.14 bits per heavy atom. The van der Waals surface area contributed by atoms with Gasteiger partial charge in [-0.05, 0) is 50.3 Å². The first kappa shape index (κ1) is 34.2. The number of imidazole rings is 2. The fourth-order valence-electron chi connectivity index (χ4n) is 5.33. The van der Waals surface area contributed by atoms with Gasteiger partial charge in [-0.1, -0.05) is 30.3 Å². The number of halogens is 2. The lowest BCUT2D eigenvalue weighted by Gasteiger charge is -2.12. The summed E-state index contributed by atoms with van der Waals surface area (Å²) in [6, 6.07) is 21.1. The van der Waals surface area contributed by atoms with Gasteiger partial charge in [-0.3, -0.25) is 5.01 Å². The van der Waals surface area contributed by atoms with Crippen LogP contribution >= 0.6 is 34.0 Å². The van der Waals surface area contributed by atoms with Crippen molar-refractivity contribution in [3.05, 3.63) is 110 Å². The third-order valence-electron chi connectivity index (χ3n) is 7.68. The largest absolute Gasteiger partial charge is 0.269 e. The smallest absolute Gasteiger partial charge is 0.243 e. The maximum absolute atomic E-state index is 4.69. The second kappa shape index (κ2) is 17.7. The van der Waals surface area contributed by atoms with Gasteiger partial charge in [0.05, 0.1) is 44.0 Å². The number of hydrogen-bond donors (Lipinski definition) is 0. The van der Waals surface area contributed by atoms with Crippen LogP contribution in [0.15, 0.2) is 109 Å². The van der Waals surface area contributed by atoms with Crippen LogP contribution in [0.1, 0.15) is 44.1 Å². The number of pyridine rings is 1. The van der Waals surface area contributed by atoms with Crippen molar-refractivity contribution in [3.8, 4) is 0 Å². The molecular formula is C34H46Br2N7+3. The normalized spacial score (nSPS) is 11.0. The van der Waals surface area contributed by atoms with Crippen molar-refractivity contribution in [1.29, 1.82) is 0 Å². The summed E-state index contributed by atoms with van der Waals surface area (Å²) in [6.45, 7) is 4.29. The molecule has 228 valence electrons. The maximum Gasteiger partial charge on any atom is 0.243 e. The molecule has 9 heteroatoms. The van der Waals surface area contributed by atoms with E-state index in [-0.39, 0.29) is 34.0 Å². The first-order chi connectivity index (χ1) is 20.2. The number of para-hydroxylation sites is 2. The van der Waals surface area contributed by atoms with Gasteiger partial charge in [0.2, 0.25) is 18.2 Å². The number of hydrazone groups is 1. The molecule has 5 rings (SSSR count). The van der Waals surface area contributed by atoms with Crippen LogP contribution in [0.4, 0.5) is 5.69 Å². The predicted molar refractivity (Wildman–Crippen MR) is 185 cm³/mol. The monoisotopic (exact) mass is 710 g/mol. The average molecular weight is 713 g/mol. The van der Waals surface area contributed by atoms with Crippen molar-refractivity contribution >= 4 is 56.8 Å². The van der Waals surface area contributed by atoms with Crippen LogP contribution in [-0.4, -0.2) is 22.4 Å². The average Bonchev–Trinajstić information content (AvgIpc) is 3.65. The van der Waals surface area contributed by atoms with E-state index in [0.29, 0.717) is 0 Å². The molecule has 0 amide bonds. The van der Waals surface area contributed by atoms with Crippen molar-refractivity contribution in [1.82, 2.24) is 9.13 Å². The number of anilines is 1. The molecule has 7 nitrogen and oxygen atoms in total. The van der Waals surface area contributed by atoms with Crippen molar-refractivity contribution in [2.75, 3.05) is 12.1 Å². The standard InChI is InChI=1S/C34H44N7.2BrH/c1-36-24-25-38(29-36)20-12-13-21-40-27-26-39(30-40)19-10-3-4-11-22-41-23-18-31(33-16-8-9-17-34(33)41)28-35-37(2)32-14-6-5-7-15-32;;/h5-9,14-18,23-30H,3-4,10-13,19-22H2,1-2H3;2*1H/q+3;;. The summed E-state index contributed by atoms with van der Waals surface area (Å²) in [4.78, 5) is 0. The van der Waals surface area contributed by atoms with Gasteiger partial charge in [-0.25, -0.2) is 18.3 Å². The van der Waals surface area contributed by atoms with Crippen LogP contribution in [0.25, 0.3) is 10.9 Å². The molecule has 0 saturated heterocycles. The zero-order valence-corrected chi connectivity index (χ0v) is 28.8. The van der Waals surface area contributed by atoms with Gasteiger partial charge in [0.25, 0.3) is 0 Å². The zero-order chi connectivity index (χ0) is 28.3. The lowest BCUT2D eigenvalue weighted by molar-refractivity contribution is -0.697. The molecule has 0 unspecified atom stereocenters. The Balaban J connectivity index is 0.00000253. The van der Waals surface area contributed by atoms with Crippen LogP contribution in [0.3, 0.4) is 0 Å². The van der Waals surface area contributed by atoms with Crippen molar-refractivity contribution in [2.24, 2.45) is 12.1 Å². The first-order valence-electron chi connectivity index (χ1n) is 15.0. The minimum absolute atomic E-state index is 0. The first-order valence-corrected chi connectivity index (χ1v) is 15.0. The van der Waals surface area contributed by atoms with Gasteiger partial charge < -0.3 is 0 Å². The number of unbranched alkanes of at least 4 members (excludes halogenated alkanes) is 4. The van der Waals surface area contributed by atoms with E-state index in [1.807, 2.05) is 36.5 Å². The van der Waals surface area contributed by atoms with E-state index < -0.39 is 0 Å². The summed E-state index contributed by atoms with van der Waals surface area (Å²) in [5.41, 5.74) is 3.47. The molecule has 0 fully saturated rings. The number of benzene rings is 2. The topological polar surface area (TPSA) is 37.1 Å². The second-order valence-corrected chi connectivity index (χ2v) is 10.9. The molecule has 0 N–H and O–H groups in total. The predicted octanol–water partition coefficient (Wildman–Crippen LogP) is 6.21. The number of aromatic nitrogens is 5. The molecule has 0 spiro atoms. The van der Waals surface area contributed by atoms with E-state index in [2.05, 4.69) is 116 Å². The van der Waals surface area contributed by atoms with Gasteiger partial charge in [0, 0.05) is 31.2 Å². The molecule has 0 aliphatic heterocycles. The molecule has 0 radical (unpaired) electrons. The zero-order valence-electron chi connectivity index (χ0n) is 25.4. The summed E-state index contributed by atoms with van der Waals surface area (Å²) in [6.07, 6.45) is 24.5. The molecule has 0 saturated carbocycles. The number of rotatable bonds is 15. The van der Waals surface area contributed by atoms with Crippen molar-refractivity contribution < 1.29 is 13.7 Å². The molecule has 3 aromatic heterocycles. The summed E-state index contributed by atoms with van der Waals surface area (Å²) in [5, 5.41) is 7.84. The van der Waals surface area contributed by atoms with Crippen molar-refractivity contribution in [3.63, 3.8) is 0 Å². The molecule has 0 bridgehead atoms. The van der Waals surface area contributed by atoms with Crippen molar-refractivity contribution in [2.45, 2.75) is 64.7 Å². The van der Waals surface area contributed by atoms with Gasteiger partial charge in [-0.15, -0.1) is 34.0 Å². The Morgan fingerprint density at radius 2 is 1.40 bits per heavy atom. The van der Waals surface area contributed by atoms with Gasteiger partial charge in [0.1, 0.15) is 31.3 Å². The highest BCUT2D eigenvalue weighted by atomic mass is 79.9. The quantitative estimate of drug-likeness (QED) is 0.0551. The Bertz CT molecular complexity index is 1540. The third kappa shape index (κ3) is 10.1. The maximum atomic E-state index is 4.69. The Hall–Kier alpha value is -3.30. The number of fused-ring (bicyclic) bond motifs is 1. The molecule has 5 aromatic rings. The fourth-order valence-corrected chi connectivity index (χ4v) is 5.33. The molecular weight excluding hydrogens is 666 g/mol. The minimum atomic E-state index is 0. The highest BCUT2D eigenvalue weighted by Gasteiger charge is 2.12. The summed E-state index contributed by atoms with van der Waals surface area (Å²) in [5.74, 6) is 0. The fraction of sp³-hybridized carbons (Fsp3) is 0.353. The van der Waals surface area contributed by atoms with E-state index in [0.717, 1.165) is 37.4 Å². The number of aryl methyl sites for hydroxylation is 5. The SMILES string of the molecule is Br.Br.CN(N=Cc1cc[n+](CCCCCC[n+]2ccn(CCCCn3cc[n+](C)c3)c2)c2ccccc12)c1ccccc1. The van der Waals surface area contributed by atoms with Crippen LogP contribution in [-0.2, 0) is 33.2 Å². The molecule has 2 aromatic carbocycles. The van der Waals surface area contributed by atoms with Gasteiger partial charge in [0.15, 0.2) is 6.20 Å². The summed E-state index contributed by atoms with van der Waals surface area (Å²) >= 11 is 0. The third-order valence-corrected chi connectivity index (χ3v) is 7.68. The number of hydrogen-bond acceptors (Lipinski definition) is 2. The highest BCUT2D eigenvalue weighted by Crippen LogP contribution is 2.16. The molecule has 3 heterocycles. The number of nitrogens with zero attached hydrogens (tertiary/aromatic N) is 7. The molecule has 0 atom stereocenters.